The van der Waals surface area contributed by atoms with Crippen molar-refractivity contribution in [2.45, 2.75) is 57.0 Å². The first-order valence-electron chi connectivity index (χ1n) is 19.3. The highest BCUT2D eigenvalue weighted by atomic mass is 16.5. The first-order chi connectivity index (χ1) is 26.6. The molecule has 0 saturated carbocycles. The Morgan fingerprint density at radius 1 is 0.537 bits per heavy atom. The third kappa shape index (κ3) is 4.97. The van der Waals surface area contributed by atoms with Crippen LogP contribution >= 0.6 is 0 Å². The summed E-state index contributed by atoms with van der Waals surface area (Å²) >= 11 is 0. The molecule has 0 bridgehead atoms. The van der Waals surface area contributed by atoms with Gasteiger partial charge in [0.25, 0.3) is 0 Å². The molecular weight excluding hydrogens is 667 g/mol. The van der Waals surface area contributed by atoms with Crippen molar-refractivity contribution in [3.8, 4) is 23.0 Å². The van der Waals surface area contributed by atoms with Crippen LogP contribution in [0.2, 0.25) is 0 Å². The number of rotatable bonds is 6. The number of ether oxygens (including phenoxy) is 4. The van der Waals surface area contributed by atoms with E-state index < -0.39 is 0 Å². The molecule has 0 spiro atoms. The molecule has 0 radical (unpaired) electrons. The summed E-state index contributed by atoms with van der Waals surface area (Å²) in [5.41, 5.74) is 9.97. The van der Waals surface area contributed by atoms with Gasteiger partial charge in [-0.25, -0.2) is 0 Å². The number of hydrogen-bond acceptors (Lipinski definition) is 5. The Morgan fingerprint density at radius 2 is 1.13 bits per heavy atom. The summed E-state index contributed by atoms with van der Waals surface area (Å²) in [7, 11) is 6.99. The van der Waals surface area contributed by atoms with Crippen LogP contribution in [-0.4, -0.2) is 33.3 Å². The highest BCUT2D eigenvalue weighted by Crippen LogP contribution is 2.48. The van der Waals surface area contributed by atoms with E-state index in [0.717, 1.165) is 78.8 Å². The fraction of sp³-hybridized carbons (Fsp3) is 0.265. The van der Waals surface area contributed by atoms with Crippen LogP contribution in [-0.2, 0) is 19.4 Å². The molecular formula is C49H45NO4. The summed E-state index contributed by atoms with van der Waals surface area (Å²) < 4.78 is 23.5. The average Bonchev–Trinajstić information content (AvgIpc) is 3.24. The zero-order chi connectivity index (χ0) is 36.5. The summed E-state index contributed by atoms with van der Waals surface area (Å²) in [5, 5.41) is 9.56. The molecule has 5 heteroatoms. The van der Waals surface area contributed by atoms with Crippen molar-refractivity contribution in [3.05, 3.63) is 136 Å². The summed E-state index contributed by atoms with van der Waals surface area (Å²) in [6.07, 6.45) is 11.4. The van der Waals surface area contributed by atoms with E-state index in [1.165, 1.54) is 71.3 Å². The van der Waals surface area contributed by atoms with Crippen molar-refractivity contribution >= 4 is 49.2 Å². The Morgan fingerprint density at radius 3 is 1.76 bits per heavy atom. The number of nitrogens with zero attached hydrogens (tertiary/aromatic N) is 1. The van der Waals surface area contributed by atoms with Crippen molar-refractivity contribution in [2.75, 3.05) is 28.4 Å². The maximum Gasteiger partial charge on any atom is 0.131 e. The van der Waals surface area contributed by atoms with E-state index in [1.807, 2.05) is 12.1 Å². The molecule has 5 nitrogen and oxygen atoms in total. The van der Waals surface area contributed by atoms with Gasteiger partial charge in [0, 0.05) is 18.7 Å². The molecule has 10 rings (SSSR count). The van der Waals surface area contributed by atoms with Gasteiger partial charge in [-0.05, 0) is 140 Å². The Balaban J connectivity index is 1.00. The lowest BCUT2D eigenvalue weighted by Gasteiger charge is -2.38. The van der Waals surface area contributed by atoms with Gasteiger partial charge >= 0.3 is 0 Å². The molecule has 1 heterocycles. The minimum absolute atomic E-state index is 0.323. The Kier molecular flexibility index (Phi) is 7.94. The number of benzene rings is 7. The third-order valence-electron chi connectivity index (χ3n) is 12.7. The SMILES string of the molecule is COc1cccc2c1c(OC)cc1c3c(ccc12)C(c1ccc2c(c1)CN(C1CCCc4c1ccc1c4cc(OC)c4c(OC)cccc41)C=C2)CCC3. The summed E-state index contributed by atoms with van der Waals surface area (Å²) in [6.45, 7) is 0.905. The van der Waals surface area contributed by atoms with Crippen LogP contribution in [0.4, 0.5) is 0 Å². The highest BCUT2D eigenvalue weighted by molar-refractivity contribution is 6.14. The van der Waals surface area contributed by atoms with Crippen molar-refractivity contribution in [1.82, 2.24) is 4.90 Å². The van der Waals surface area contributed by atoms with Gasteiger partial charge in [0.1, 0.15) is 23.0 Å². The van der Waals surface area contributed by atoms with Gasteiger partial charge in [0.05, 0.1) is 45.3 Å². The van der Waals surface area contributed by atoms with Crippen LogP contribution in [0.1, 0.15) is 76.6 Å². The second-order valence-corrected chi connectivity index (χ2v) is 15.2. The van der Waals surface area contributed by atoms with Gasteiger partial charge < -0.3 is 23.8 Å². The van der Waals surface area contributed by atoms with Crippen LogP contribution in [0.3, 0.4) is 0 Å². The van der Waals surface area contributed by atoms with Crippen LogP contribution in [0.5, 0.6) is 23.0 Å². The Bertz CT molecular complexity index is 2680. The van der Waals surface area contributed by atoms with E-state index in [2.05, 4.69) is 96.0 Å². The quantitative estimate of drug-likeness (QED) is 0.161. The van der Waals surface area contributed by atoms with E-state index >= 15 is 0 Å². The molecule has 2 aliphatic carbocycles. The van der Waals surface area contributed by atoms with Gasteiger partial charge in [-0.2, -0.15) is 0 Å². The third-order valence-corrected chi connectivity index (χ3v) is 12.7. The van der Waals surface area contributed by atoms with Crippen molar-refractivity contribution < 1.29 is 18.9 Å². The molecule has 1 aliphatic heterocycles. The second-order valence-electron chi connectivity index (χ2n) is 15.2. The maximum absolute atomic E-state index is 5.98. The minimum atomic E-state index is 0.323. The molecule has 0 fully saturated rings. The molecule has 0 saturated heterocycles. The highest BCUT2D eigenvalue weighted by Gasteiger charge is 2.30. The Hall–Kier alpha value is -5.68. The van der Waals surface area contributed by atoms with Crippen molar-refractivity contribution in [1.29, 1.82) is 0 Å². The van der Waals surface area contributed by atoms with E-state index in [0.29, 0.717) is 12.0 Å². The zero-order valence-electron chi connectivity index (χ0n) is 31.5. The second kappa shape index (κ2) is 13.0. The number of hydrogen-bond donors (Lipinski definition) is 0. The summed E-state index contributed by atoms with van der Waals surface area (Å²) in [5.74, 6) is 3.79. The number of methoxy groups -OCH3 is 4. The lowest BCUT2D eigenvalue weighted by atomic mass is 9.76. The van der Waals surface area contributed by atoms with E-state index in [4.69, 9.17) is 18.9 Å². The summed E-state index contributed by atoms with van der Waals surface area (Å²) in [4.78, 5) is 2.59. The largest absolute Gasteiger partial charge is 0.496 e. The minimum Gasteiger partial charge on any atom is -0.496 e. The first-order valence-corrected chi connectivity index (χ1v) is 19.3. The molecule has 270 valence electrons. The molecule has 54 heavy (non-hydrogen) atoms. The van der Waals surface area contributed by atoms with Crippen LogP contribution < -0.4 is 18.9 Å². The van der Waals surface area contributed by atoms with E-state index in [9.17, 15) is 0 Å². The van der Waals surface area contributed by atoms with E-state index in [-0.39, 0.29) is 0 Å². The smallest absolute Gasteiger partial charge is 0.131 e. The molecule has 0 amide bonds. The van der Waals surface area contributed by atoms with E-state index in [1.54, 1.807) is 28.4 Å². The van der Waals surface area contributed by atoms with Crippen LogP contribution in [0.15, 0.2) is 97.2 Å². The van der Waals surface area contributed by atoms with Gasteiger partial charge in [-0.15, -0.1) is 0 Å². The molecule has 2 atom stereocenters. The zero-order valence-corrected chi connectivity index (χ0v) is 31.5. The van der Waals surface area contributed by atoms with Crippen molar-refractivity contribution in [3.63, 3.8) is 0 Å². The lowest BCUT2D eigenvalue weighted by molar-refractivity contribution is 0.244. The van der Waals surface area contributed by atoms with Gasteiger partial charge in [-0.3, -0.25) is 0 Å². The fourth-order valence-electron chi connectivity index (χ4n) is 10.2. The number of fused-ring (bicyclic) bond motifs is 11. The van der Waals surface area contributed by atoms with Crippen LogP contribution in [0.25, 0.3) is 49.2 Å². The normalized spacial score (nSPS) is 17.7. The van der Waals surface area contributed by atoms with Crippen molar-refractivity contribution in [2.24, 2.45) is 0 Å². The molecule has 3 aliphatic rings. The van der Waals surface area contributed by atoms with Gasteiger partial charge in [-0.1, -0.05) is 66.7 Å². The molecule has 7 aromatic carbocycles. The maximum atomic E-state index is 5.98. The molecule has 0 aromatic heterocycles. The van der Waals surface area contributed by atoms with Gasteiger partial charge in [0.2, 0.25) is 0 Å². The number of aryl methyl sites for hydroxylation is 2. The fourth-order valence-corrected chi connectivity index (χ4v) is 10.2. The average molecular weight is 712 g/mol. The standard InChI is InChI=1S/C49H45NO4/c1-51-44-15-7-12-39-36-20-19-35-32(9-5-10-33(35)41(36)26-46(53-3)48(39)44)30-18-17-29-23-24-50(28-31(29)25-30)43-14-6-11-34-38(43)22-21-37-40-13-8-16-45(52-2)49(40)47(54-4)27-42(34)37/h7-8,12-13,15-27,32,43H,5-6,9-11,14,28H2,1-4H3. The molecule has 0 N–H and O–H groups in total. The predicted molar refractivity (Wildman–Crippen MR) is 221 cm³/mol. The lowest BCUT2D eigenvalue weighted by Crippen LogP contribution is -2.28. The molecule has 7 aromatic rings. The monoisotopic (exact) mass is 711 g/mol. The Labute approximate surface area is 316 Å². The summed E-state index contributed by atoms with van der Waals surface area (Å²) in [6, 6.07) is 34.1. The van der Waals surface area contributed by atoms with Gasteiger partial charge in [0.15, 0.2) is 0 Å². The first kappa shape index (κ1) is 32.9. The topological polar surface area (TPSA) is 40.2 Å². The molecule has 2 unspecified atom stereocenters. The van der Waals surface area contributed by atoms with Crippen LogP contribution in [0, 0.1) is 0 Å². The predicted octanol–water partition coefficient (Wildman–Crippen LogP) is 11.7.